The van der Waals surface area contributed by atoms with Gasteiger partial charge in [0.2, 0.25) is 0 Å². The Morgan fingerprint density at radius 3 is 2.65 bits per heavy atom. The van der Waals surface area contributed by atoms with Crippen molar-refractivity contribution in [3.05, 3.63) is 47.0 Å². The van der Waals surface area contributed by atoms with Crippen LogP contribution in [0, 0.1) is 13.8 Å². The second-order valence-corrected chi connectivity index (χ2v) is 5.21. The molecule has 1 nitrogen and oxygen atoms in total. The Bertz CT molecular complexity index is 406. The van der Waals surface area contributed by atoms with Crippen molar-refractivity contribution in [3.8, 4) is 0 Å². The summed E-state index contributed by atoms with van der Waals surface area (Å²) in [6.07, 6.45) is 8.26. The summed E-state index contributed by atoms with van der Waals surface area (Å²) in [5.74, 6) is 0. The predicted octanol–water partition coefficient (Wildman–Crippen LogP) is 4.06. The lowest BCUT2D eigenvalue weighted by atomic mass is 9.98. The zero-order valence-electron chi connectivity index (χ0n) is 11.2. The molecule has 0 saturated carbocycles. The van der Waals surface area contributed by atoms with E-state index in [4.69, 9.17) is 0 Å². The van der Waals surface area contributed by atoms with E-state index in [2.05, 4.69) is 56.4 Å². The highest BCUT2D eigenvalue weighted by Gasteiger charge is 2.14. The maximum absolute atomic E-state index is 3.73. The number of hydrogen-bond acceptors (Lipinski definition) is 1. The molecule has 2 rings (SSSR count). The van der Waals surface area contributed by atoms with Crippen molar-refractivity contribution >= 4 is 0 Å². The summed E-state index contributed by atoms with van der Waals surface area (Å²) < 4.78 is 0. The number of rotatable bonds is 3. The second-order valence-electron chi connectivity index (χ2n) is 5.21. The third kappa shape index (κ3) is 3.19. The Morgan fingerprint density at radius 2 is 2.00 bits per heavy atom. The average Bonchev–Trinajstić information content (AvgIpc) is 2.34. The standard InChI is InChI=1S/C16H23N/c1-12-9-10-15(11-13(12)2)14(3)17-16-7-5-4-6-8-16/h4-5,9-11,14,16-17H,6-8H2,1-3H3. The highest BCUT2D eigenvalue weighted by molar-refractivity contribution is 5.31. The molecule has 0 radical (unpaired) electrons. The Balaban J connectivity index is 2.01. The lowest BCUT2D eigenvalue weighted by molar-refractivity contribution is 0.426. The largest absolute Gasteiger partial charge is 0.307 e. The number of allylic oxidation sites excluding steroid dienone is 1. The highest BCUT2D eigenvalue weighted by Crippen LogP contribution is 2.20. The third-order valence-corrected chi connectivity index (χ3v) is 3.79. The first-order chi connectivity index (χ1) is 8.16. The van der Waals surface area contributed by atoms with Gasteiger partial charge >= 0.3 is 0 Å². The molecular formula is C16H23N. The molecule has 17 heavy (non-hydrogen) atoms. The van der Waals surface area contributed by atoms with Gasteiger partial charge < -0.3 is 5.32 Å². The van der Waals surface area contributed by atoms with E-state index < -0.39 is 0 Å². The van der Waals surface area contributed by atoms with E-state index in [1.807, 2.05) is 0 Å². The van der Waals surface area contributed by atoms with E-state index in [1.165, 1.54) is 36.0 Å². The summed E-state index contributed by atoms with van der Waals surface area (Å²) in [4.78, 5) is 0. The molecule has 2 unspecified atom stereocenters. The molecule has 0 amide bonds. The van der Waals surface area contributed by atoms with E-state index in [9.17, 15) is 0 Å². The zero-order chi connectivity index (χ0) is 12.3. The molecule has 1 aromatic carbocycles. The summed E-state index contributed by atoms with van der Waals surface area (Å²) in [6, 6.07) is 7.89. The molecule has 0 saturated heterocycles. The van der Waals surface area contributed by atoms with Crippen LogP contribution in [0.15, 0.2) is 30.4 Å². The summed E-state index contributed by atoms with van der Waals surface area (Å²) in [5.41, 5.74) is 4.17. The van der Waals surface area contributed by atoms with Crippen LogP contribution in [-0.2, 0) is 0 Å². The van der Waals surface area contributed by atoms with Gasteiger partial charge in [-0.25, -0.2) is 0 Å². The van der Waals surface area contributed by atoms with Gasteiger partial charge in [-0.05, 0) is 56.7 Å². The molecule has 0 aromatic heterocycles. The van der Waals surface area contributed by atoms with Crippen LogP contribution in [0.4, 0.5) is 0 Å². The minimum Gasteiger partial charge on any atom is -0.307 e. The highest BCUT2D eigenvalue weighted by atomic mass is 14.9. The molecule has 1 aliphatic carbocycles. The fourth-order valence-electron chi connectivity index (χ4n) is 2.43. The van der Waals surface area contributed by atoms with Gasteiger partial charge in [-0.2, -0.15) is 0 Å². The number of hydrogen-bond donors (Lipinski definition) is 1. The molecule has 1 aromatic rings. The SMILES string of the molecule is Cc1ccc(C(C)NC2CC=CCC2)cc1C. The van der Waals surface area contributed by atoms with Crippen molar-refractivity contribution in [1.29, 1.82) is 0 Å². The van der Waals surface area contributed by atoms with Crippen LogP contribution >= 0.6 is 0 Å². The molecule has 2 atom stereocenters. The van der Waals surface area contributed by atoms with Gasteiger partial charge in [0.25, 0.3) is 0 Å². The van der Waals surface area contributed by atoms with Gasteiger partial charge in [-0.1, -0.05) is 30.4 Å². The molecule has 1 heteroatoms. The maximum Gasteiger partial charge on any atom is 0.0294 e. The van der Waals surface area contributed by atoms with Crippen LogP contribution in [0.2, 0.25) is 0 Å². The van der Waals surface area contributed by atoms with E-state index >= 15 is 0 Å². The molecule has 0 spiro atoms. The van der Waals surface area contributed by atoms with E-state index in [0.717, 1.165) is 0 Å². The van der Waals surface area contributed by atoms with Crippen LogP contribution < -0.4 is 5.32 Å². The van der Waals surface area contributed by atoms with Crippen molar-refractivity contribution in [1.82, 2.24) is 5.32 Å². The van der Waals surface area contributed by atoms with Gasteiger partial charge in [0.1, 0.15) is 0 Å². The fourth-order valence-corrected chi connectivity index (χ4v) is 2.43. The van der Waals surface area contributed by atoms with Crippen LogP contribution in [0.5, 0.6) is 0 Å². The lowest BCUT2D eigenvalue weighted by Gasteiger charge is -2.24. The quantitative estimate of drug-likeness (QED) is 0.771. The lowest BCUT2D eigenvalue weighted by Crippen LogP contribution is -2.32. The van der Waals surface area contributed by atoms with Crippen molar-refractivity contribution < 1.29 is 0 Å². The van der Waals surface area contributed by atoms with Gasteiger partial charge in [-0.3, -0.25) is 0 Å². The Kier molecular flexibility index (Phi) is 4.01. The zero-order valence-corrected chi connectivity index (χ0v) is 11.2. The number of benzene rings is 1. The molecule has 92 valence electrons. The van der Waals surface area contributed by atoms with Crippen molar-refractivity contribution in [3.63, 3.8) is 0 Å². The van der Waals surface area contributed by atoms with Crippen LogP contribution in [0.3, 0.4) is 0 Å². The Hall–Kier alpha value is -1.08. The summed E-state index contributed by atoms with van der Waals surface area (Å²) in [6.45, 7) is 6.63. The van der Waals surface area contributed by atoms with Crippen molar-refractivity contribution in [2.45, 2.75) is 52.1 Å². The van der Waals surface area contributed by atoms with E-state index in [0.29, 0.717) is 12.1 Å². The van der Waals surface area contributed by atoms with Gasteiger partial charge in [0.15, 0.2) is 0 Å². The summed E-state index contributed by atoms with van der Waals surface area (Å²) in [7, 11) is 0. The average molecular weight is 229 g/mol. The van der Waals surface area contributed by atoms with Gasteiger partial charge in [-0.15, -0.1) is 0 Å². The molecule has 1 N–H and O–H groups in total. The molecule has 0 bridgehead atoms. The predicted molar refractivity (Wildman–Crippen MR) is 74.2 cm³/mol. The first-order valence-corrected chi connectivity index (χ1v) is 6.65. The van der Waals surface area contributed by atoms with E-state index in [-0.39, 0.29) is 0 Å². The molecule has 0 aliphatic heterocycles. The molecule has 0 fully saturated rings. The number of nitrogens with one attached hydrogen (secondary N) is 1. The second kappa shape index (κ2) is 5.50. The topological polar surface area (TPSA) is 12.0 Å². The van der Waals surface area contributed by atoms with E-state index in [1.54, 1.807) is 0 Å². The Morgan fingerprint density at radius 1 is 1.18 bits per heavy atom. The summed E-state index contributed by atoms with van der Waals surface area (Å²) >= 11 is 0. The third-order valence-electron chi connectivity index (χ3n) is 3.79. The first kappa shape index (κ1) is 12.4. The minimum absolute atomic E-state index is 0.450. The molecular weight excluding hydrogens is 206 g/mol. The Labute approximate surface area is 105 Å². The molecule has 1 aliphatic rings. The van der Waals surface area contributed by atoms with Crippen LogP contribution in [0.1, 0.15) is 48.9 Å². The maximum atomic E-state index is 3.73. The van der Waals surface area contributed by atoms with Gasteiger partial charge in [0.05, 0.1) is 0 Å². The monoisotopic (exact) mass is 229 g/mol. The van der Waals surface area contributed by atoms with Crippen LogP contribution in [-0.4, -0.2) is 6.04 Å². The summed E-state index contributed by atoms with van der Waals surface area (Å²) in [5, 5.41) is 3.73. The van der Waals surface area contributed by atoms with Crippen molar-refractivity contribution in [2.24, 2.45) is 0 Å². The van der Waals surface area contributed by atoms with Crippen molar-refractivity contribution in [2.75, 3.05) is 0 Å². The minimum atomic E-state index is 0.450. The van der Waals surface area contributed by atoms with Crippen LogP contribution in [0.25, 0.3) is 0 Å². The first-order valence-electron chi connectivity index (χ1n) is 6.65. The molecule has 0 heterocycles. The smallest absolute Gasteiger partial charge is 0.0294 e. The fraction of sp³-hybridized carbons (Fsp3) is 0.500. The normalized spacial score (nSPS) is 21.5. The number of aryl methyl sites for hydroxylation is 2. The van der Waals surface area contributed by atoms with Gasteiger partial charge in [0, 0.05) is 12.1 Å².